The molecule has 0 radical (unpaired) electrons. The average molecular weight is 222 g/mol. The number of carbonyl (C=O) groups excluding carboxylic acids is 1. The summed E-state index contributed by atoms with van der Waals surface area (Å²) in [5.41, 5.74) is 9.68. The number of hydrogen-bond acceptors (Lipinski definition) is 4. The molecule has 0 aromatic carbocycles. The first kappa shape index (κ1) is 12.4. The summed E-state index contributed by atoms with van der Waals surface area (Å²) in [6, 6.07) is 3.34. The fraction of sp³-hybridized carbons (Fsp3) is 0.455. The Morgan fingerprint density at radius 1 is 1.44 bits per heavy atom. The Bertz CT molecular complexity index is 388. The van der Waals surface area contributed by atoms with Crippen LogP contribution in [0.25, 0.3) is 0 Å². The number of hydrogen-bond donors (Lipinski definition) is 2. The van der Waals surface area contributed by atoms with Crippen LogP contribution in [0.5, 0.6) is 0 Å². The monoisotopic (exact) mass is 222 g/mol. The van der Waals surface area contributed by atoms with Gasteiger partial charge in [0.15, 0.2) is 0 Å². The van der Waals surface area contributed by atoms with Crippen LogP contribution < -0.4 is 11.2 Å². The Labute approximate surface area is 95.6 Å². The number of amides is 1. The van der Waals surface area contributed by atoms with Gasteiger partial charge in [-0.25, -0.2) is 9.99 Å². The van der Waals surface area contributed by atoms with Gasteiger partial charge >= 0.3 is 0 Å². The molecular weight excluding hydrogens is 204 g/mol. The fourth-order valence-corrected chi connectivity index (χ4v) is 1.27. The molecule has 0 fully saturated rings. The maximum absolute atomic E-state index is 11.7. The van der Waals surface area contributed by atoms with E-state index in [0.29, 0.717) is 11.4 Å². The van der Waals surface area contributed by atoms with Crippen LogP contribution in [0.4, 0.5) is 5.82 Å². The van der Waals surface area contributed by atoms with E-state index in [1.165, 1.54) is 0 Å². The summed E-state index contributed by atoms with van der Waals surface area (Å²) < 4.78 is 0. The highest BCUT2D eigenvalue weighted by atomic mass is 16.2. The number of nitrogens with one attached hydrogen (secondary N) is 1. The minimum Gasteiger partial charge on any atom is -0.384 e. The molecule has 0 saturated carbocycles. The molecule has 1 aromatic rings. The molecule has 16 heavy (non-hydrogen) atoms. The molecule has 1 rings (SSSR count). The van der Waals surface area contributed by atoms with Crippen molar-refractivity contribution in [1.82, 2.24) is 15.4 Å². The molecule has 5 nitrogen and oxygen atoms in total. The molecule has 0 atom stereocenters. The van der Waals surface area contributed by atoms with Gasteiger partial charge in [-0.15, -0.1) is 0 Å². The van der Waals surface area contributed by atoms with Crippen LogP contribution in [0.2, 0.25) is 0 Å². The van der Waals surface area contributed by atoms with Crippen LogP contribution in [0, 0.1) is 0 Å². The highest BCUT2D eigenvalue weighted by molar-refractivity contribution is 5.94. The molecule has 3 N–H and O–H groups in total. The van der Waals surface area contributed by atoms with E-state index in [-0.39, 0.29) is 11.8 Å². The first-order valence-corrected chi connectivity index (χ1v) is 5.16. The van der Waals surface area contributed by atoms with Gasteiger partial charge in [0.25, 0.3) is 5.91 Å². The Balaban J connectivity index is 3.00. The Hall–Kier alpha value is -1.62. The summed E-state index contributed by atoms with van der Waals surface area (Å²) in [5, 5.41) is 1.59. The summed E-state index contributed by atoms with van der Waals surface area (Å²) in [7, 11) is 3.51. The van der Waals surface area contributed by atoms with Crippen molar-refractivity contribution >= 4 is 11.7 Å². The van der Waals surface area contributed by atoms with Gasteiger partial charge in [0, 0.05) is 25.4 Å². The highest BCUT2D eigenvalue weighted by Gasteiger charge is 2.11. The van der Waals surface area contributed by atoms with Crippen molar-refractivity contribution in [3.05, 3.63) is 23.4 Å². The number of nitrogens with two attached hydrogens (primary N) is 1. The third-order valence-electron chi connectivity index (χ3n) is 2.04. The third kappa shape index (κ3) is 3.20. The van der Waals surface area contributed by atoms with Crippen LogP contribution in [0.1, 0.15) is 35.8 Å². The van der Waals surface area contributed by atoms with Crippen molar-refractivity contribution in [1.29, 1.82) is 0 Å². The van der Waals surface area contributed by atoms with Crippen molar-refractivity contribution < 1.29 is 4.79 Å². The maximum atomic E-state index is 11.7. The number of carbonyl (C=O) groups is 1. The predicted molar refractivity (Wildman–Crippen MR) is 63.9 cm³/mol. The van der Waals surface area contributed by atoms with Gasteiger partial charge in [-0.2, -0.15) is 0 Å². The summed E-state index contributed by atoms with van der Waals surface area (Å²) in [5.74, 6) is 0.436. The molecule has 0 unspecified atom stereocenters. The molecule has 88 valence electrons. The van der Waals surface area contributed by atoms with E-state index < -0.39 is 0 Å². The van der Waals surface area contributed by atoms with Crippen LogP contribution >= 0.6 is 0 Å². The highest BCUT2D eigenvalue weighted by Crippen LogP contribution is 2.15. The molecule has 0 aliphatic rings. The summed E-state index contributed by atoms with van der Waals surface area (Å²) in [6.45, 7) is 4.02. The lowest BCUT2D eigenvalue weighted by Gasteiger charge is -2.13. The van der Waals surface area contributed by atoms with Gasteiger partial charge in [-0.1, -0.05) is 13.8 Å². The molecule has 1 heterocycles. The summed E-state index contributed by atoms with van der Waals surface area (Å²) in [4.78, 5) is 15.9. The molecule has 0 spiro atoms. The molecule has 0 bridgehead atoms. The van der Waals surface area contributed by atoms with Crippen molar-refractivity contribution in [2.45, 2.75) is 19.8 Å². The normalized spacial score (nSPS) is 10.9. The number of rotatable bonds is 3. The van der Waals surface area contributed by atoms with E-state index >= 15 is 0 Å². The lowest BCUT2D eigenvalue weighted by Crippen LogP contribution is -2.36. The second-order valence-electron chi connectivity index (χ2n) is 4.20. The SMILES string of the molecule is CC(C)c1cc(C(=O)NN(C)C)cc(N)n1. The van der Waals surface area contributed by atoms with Gasteiger partial charge in [-0.05, 0) is 18.1 Å². The first-order chi connectivity index (χ1) is 7.40. The minimum absolute atomic E-state index is 0.180. The Kier molecular flexibility index (Phi) is 3.84. The third-order valence-corrected chi connectivity index (χ3v) is 2.04. The quantitative estimate of drug-likeness (QED) is 0.748. The van der Waals surface area contributed by atoms with Gasteiger partial charge in [0.1, 0.15) is 5.82 Å². The van der Waals surface area contributed by atoms with Gasteiger partial charge < -0.3 is 5.73 Å². The number of anilines is 1. The predicted octanol–water partition coefficient (Wildman–Crippen LogP) is 0.994. The minimum atomic E-state index is -0.180. The summed E-state index contributed by atoms with van der Waals surface area (Å²) >= 11 is 0. The number of nitrogens with zero attached hydrogens (tertiary/aromatic N) is 2. The number of aromatic nitrogens is 1. The Morgan fingerprint density at radius 3 is 2.56 bits per heavy atom. The van der Waals surface area contributed by atoms with Crippen LogP contribution in [-0.4, -0.2) is 30.0 Å². The van der Waals surface area contributed by atoms with Crippen molar-refractivity contribution in [3.63, 3.8) is 0 Å². The van der Waals surface area contributed by atoms with E-state index in [2.05, 4.69) is 10.4 Å². The van der Waals surface area contributed by atoms with Crippen LogP contribution in [0.3, 0.4) is 0 Å². The molecular formula is C11H18N4O. The first-order valence-electron chi connectivity index (χ1n) is 5.16. The van der Waals surface area contributed by atoms with E-state index in [9.17, 15) is 4.79 Å². The fourth-order valence-electron chi connectivity index (χ4n) is 1.27. The second-order valence-corrected chi connectivity index (χ2v) is 4.20. The lowest BCUT2D eigenvalue weighted by atomic mass is 10.1. The zero-order chi connectivity index (χ0) is 12.3. The van der Waals surface area contributed by atoms with Crippen molar-refractivity contribution in [3.8, 4) is 0 Å². The number of hydrazine groups is 1. The second kappa shape index (κ2) is 4.94. The largest absolute Gasteiger partial charge is 0.384 e. The number of nitrogen functional groups attached to an aromatic ring is 1. The molecule has 1 aromatic heterocycles. The van der Waals surface area contributed by atoms with E-state index in [1.807, 2.05) is 13.8 Å². The van der Waals surface area contributed by atoms with Crippen molar-refractivity contribution in [2.75, 3.05) is 19.8 Å². The van der Waals surface area contributed by atoms with E-state index in [1.54, 1.807) is 31.2 Å². The average Bonchev–Trinajstić information content (AvgIpc) is 2.15. The van der Waals surface area contributed by atoms with Crippen molar-refractivity contribution in [2.24, 2.45) is 0 Å². The van der Waals surface area contributed by atoms with Crippen LogP contribution in [-0.2, 0) is 0 Å². The van der Waals surface area contributed by atoms with Gasteiger partial charge in [0.2, 0.25) is 0 Å². The molecule has 0 aliphatic carbocycles. The lowest BCUT2D eigenvalue weighted by molar-refractivity contribution is 0.0856. The smallest absolute Gasteiger partial charge is 0.265 e. The zero-order valence-electron chi connectivity index (χ0n) is 10.1. The topological polar surface area (TPSA) is 71.2 Å². The molecule has 5 heteroatoms. The van der Waals surface area contributed by atoms with Gasteiger partial charge in [0.05, 0.1) is 0 Å². The van der Waals surface area contributed by atoms with Gasteiger partial charge in [-0.3, -0.25) is 10.2 Å². The molecule has 0 saturated heterocycles. The number of pyridine rings is 1. The molecule has 0 aliphatic heterocycles. The maximum Gasteiger partial charge on any atom is 0.265 e. The van der Waals surface area contributed by atoms with Crippen LogP contribution in [0.15, 0.2) is 12.1 Å². The zero-order valence-corrected chi connectivity index (χ0v) is 10.1. The van der Waals surface area contributed by atoms with E-state index in [0.717, 1.165) is 5.69 Å². The molecule has 1 amide bonds. The Morgan fingerprint density at radius 2 is 2.06 bits per heavy atom. The standard InChI is InChI=1S/C11H18N4O/c1-7(2)9-5-8(6-10(12)13-9)11(16)14-15(3)4/h5-7H,1-4H3,(H2,12,13)(H,14,16). The van der Waals surface area contributed by atoms with E-state index in [4.69, 9.17) is 5.73 Å². The summed E-state index contributed by atoms with van der Waals surface area (Å²) in [6.07, 6.45) is 0.